The zero-order valence-corrected chi connectivity index (χ0v) is 20.5. The maximum absolute atomic E-state index is 12.4. The molecule has 0 fully saturated rings. The first-order chi connectivity index (χ1) is 13.4. The Balaban J connectivity index is 2.07. The number of aromatic nitrogens is 1. The molecule has 28 heavy (non-hydrogen) atoms. The molecule has 9 heteroatoms. The van der Waals surface area contributed by atoms with Gasteiger partial charge in [0.05, 0.1) is 0 Å². The van der Waals surface area contributed by atoms with E-state index in [0.717, 1.165) is 36.9 Å². The SMILES string of the molecule is CC#CCCSN(C)C(=O)Nc1cc(Br)cc(Sc2cc(Br)cc(NC)n2)c1. The van der Waals surface area contributed by atoms with Crippen molar-refractivity contribution in [3.05, 3.63) is 39.3 Å². The predicted octanol–water partition coefficient (Wildman–Crippen LogP) is 6.32. The highest BCUT2D eigenvalue weighted by molar-refractivity contribution is 9.10. The highest BCUT2D eigenvalue weighted by atomic mass is 79.9. The zero-order valence-electron chi connectivity index (χ0n) is 15.7. The second kappa shape index (κ2) is 11.6. The van der Waals surface area contributed by atoms with Gasteiger partial charge < -0.3 is 10.6 Å². The molecule has 2 aromatic rings. The number of amides is 2. The van der Waals surface area contributed by atoms with Gasteiger partial charge in [0.15, 0.2) is 0 Å². The summed E-state index contributed by atoms with van der Waals surface area (Å²) in [5, 5.41) is 6.82. The number of hydrogen-bond donors (Lipinski definition) is 2. The maximum atomic E-state index is 12.4. The fourth-order valence-corrected chi connectivity index (χ4v) is 4.89. The van der Waals surface area contributed by atoms with Gasteiger partial charge in [0.1, 0.15) is 10.8 Å². The molecule has 0 saturated carbocycles. The monoisotopic (exact) mass is 542 g/mol. The van der Waals surface area contributed by atoms with Crippen LogP contribution in [0.3, 0.4) is 0 Å². The lowest BCUT2D eigenvalue weighted by molar-refractivity contribution is 0.243. The van der Waals surface area contributed by atoms with Crippen molar-refractivity contribution < 1.29 is 4.79 Å². The highest BCUT2D eigenvalue weighted by Crippen LogP contribution is 2.33. The van der Waals surface area contributed by atoms with Crippen molar-refractivity contribution in [2.24, 2.45) is 0 Å². The van der Waals surface area contributed by atoms with E-state index in [1.165, 1.54) is 23.7 Å². The van der Waals surface area contributed by atoms with E-state index in [0.29, 0.717) is 5.69 Å². The first-order valence-electron chi connectivity index (χ1n) is 8.32. The Morgan fingerprint density at radius 2 is 1.96 bits per heavy atom. The molecule has 1 aromatic carbocycles. The van der Waals surface area contributed by atoms with Crippen LogP contribution in [0.5, 0.6) is 0 Å². The van der Waals surface area contributed by atoms with Gasteiger partial charge in [-0.15, -0.1) is 11.8 Å². The fraction of sp³-hybridized carbons (Fsp3) is 0.263. The van der Waals surface area contributed by atoms with Gasteiger partial charge in [0, 0.05) is 45.8 Å². The molecule has 0 aliphatic heterocycles. The van der Waals surface area contributed by atoms with Crippen molar-refractivity contribution in [3.63, 3.8) is 0 Å². The van der Waals surface area contributed by atoms with Crippen LogP contribution in [0.1, 0.15) is 13.3 Å². The molecule has 0 aliphatic rings. The van der Waals surface area contributed by atoms with Crippen molar-refractivity contribution in [1.29, 1.82) is 0 Å². The molecule has 1 aromatic heterocycles. The summed E-state index contributed by atoms with van der Waals surface area (Å²) in [4.78, 5) is 17.9. The summed E-state index contributed by atoms with van der Waals surface area (Å²) in [5.41, 5.74) is 0.714. The van der Waals surface area contributed by atoms with Crippen molar-refractivity contribution in [2.75, 3.05) is 30.5 Å². The molecule has 0 saturated heterocycles. The summed E-state index contributed by atoms with van der Waals surface area (Å²) in [6, 6.07) is 9.47. The molecule has 148 valence electrons. The molecule has 0 spiro atoms. The van der Waals surface area contributed by atoms with Gasteiger partial charge in [-0.05, 0) is 49.2 Å². The quantitative estimate of drug-likeness (QED) is 0.243. The van der Waals surface area contributed by atoms with E-state index >= 15 is 0 Å². The number of urea groups is 1. The third kappa shape index (κ3) is 7.59. The normalized spacial score (nSPS) is 10.0. The number of carbonyl (C=O) groups is 1. The average molecular weight is 544 g/mol. The molecule has 0 unspecified atom stereocenters. The van der Waals surface area contributed by atoms with Crippen molar-refractivity contribution in [3.8, 4) is 11.8 Å². The van der Waals surface area contributed by atoms with Crippen molar-refractivity contribution in [1.82, 2.24) is 9.29 Å². The van der Waals surface area contributed by atoms with E-state index in [2.05, 4.69) is 59.3 Å². The van der Waals surface area contributed by atoms with Crippen molar-refractivity contribution in [2.45, 2.75) is 23.3 Å². The molecule has 0 bridgehead atoms. The van der Waals surface area contributed by atoms with Crippen LogP contribution < -0.4 is 10.6 Å². The minimum absolute atomic E-state index is 0.179. The Bertz CT molecular complexity index is 899. The summed E-state index contributed by atoms with van der Waals surface area (Å²) in [6.45, 7) is 1.81. The van der Waals surface area contributed by atoms with Crippen LogP contribution in [-0.2, 0) is 0 Å². The van der Waals surface area contributed by atoms with Gasteiger partial charge in [-0.2, -0.15) is 0 Å². The van der Waals surface area contributed by atoms with Crippen molar-refractivity contribution >= 4 is 73.1 Å². The number of rotatable bonds is 7. The van der Waals surface area contributed by atoms with Crippen LogP contribution in [0.4, 0.5) is 16.3 Å². The Labute approximate surface area is 191 Å². The topological polar surface area (TPSA) is 57.3 Å². The fourth-order valence-electron chi connectivity index (χ4n) is 2.09. The first kappa shape index (κ1) is 22.9. The molecule has 1 heterocycles. The Morgan fingerprint density at radius 3 is 2.68 bits per heavy atom. The van der Waals surface area contributed by atoms with Gasteiger partial charge in [-0.1, -0.05) is 43.6 Å². The summed E-state index contributed by atoms with van der Waals surface area (Å²) in [7, 11) is 3.58. The van der Waals surface area contributed by atoms with E-state index in [1.54, 1.807) is 11.4 Å². The number of anilines is 2. The predicted molar refractivity (Wildman–Crippen MR) is 127 cm³/mol. The second-order valence-corrected chi connectivity index (χ2v) is 9.61. The number of pyridine rings is 1. The summed E-state index contributed by atoms with van der Waals surface area (Å²) in [6.07, 6.45) is 0.755. The molecule has 0 aliphatic carbocycles. The minimum Gasteiger partial charge on any atom is -0.373 e. The smallest absolute Gasteiger partial charge is 0.331 e. The van der Waals surface area contributed by atoms with Gasteiger partial charge >= 0.3 is 6.03 Å². The van der Waals surface area contributed by atoms with Crippen LogP contribution in [0, 0.1) is 11.8 Å². The molecule has 0 atom stereocenters. The number of nitrogens with one attached hydrogen (secondary N) is 2. The number of carbonyl (C=O) groups excluding carboxylic acids is 1. The van der Waals surface area contributed by atoms with Gasteiger partial charge in [0.25, 0.3) is 0 Å². The molecule has 0 radical (unpaired) electrons. The Kier molecular flexibility index (Phi) is 9.51. The first-order valence-corrected chi connectivity index (χ1v) is 11.7. The largest absolute Gasteiger partial charge is 0.373 e. The average Bonchev–Trinajstić information content (AvgIpc) is 2.64. The summed E-state index contributed by atoms with van der Waals surface area (Å²) < 4.78 is 3.41. The number of halogens is 2. The van der Waals surface area contributed by atoms with Crippen LogP contribution >= 0.6 is 55.6 Å². The number of nitrogens with zero attached hydrogens (tertiary/aromatic N) is 2. The van der Waals surface area contributed by atoms with Gasteiger partial charge in [-0.3, -0.25) is 4.31 Å². The second-order valence-electron chi connectivity index (χ2n) is 5.47. The third-order valence-corrected chi connectivity index (χ3v) is 6.09. The van der Waals surface area contributed by atoms with Crippen LogP contribution in [0.15, 0.2) is 49.2 Å². The number of hydrogen-bond acceptors (Lipinski definition) is 5. The highest BCUT2D eigenvalue weighted by Gasteiger charge is 2.11. The third-order valence-electron chi connectivity index (χ3n) is 3.34. The minimum atomic E-state index is -0.179. The molecule has 5 nitrogen and oxygen atoms in total. The standard InChI is InChI=1S/C19H20Br2N4OS2/c1-4-5-6-7-27-25(3)19(26)23-15-8-13(20)9-16(12-15)28-18-11-14(21)10-17(22-2)24-18/h8-12H,6-7H2,1-3H3,(H,22,24)(H,23,26). The number of benzene rings is 1. The lowest BCUT2D eigenvalue weighted by Gasteiger charge is -2.16. The lowest BCUT2D eigenvalue weighted by Crippen LogP contribution is -2.26. The molecule has 2 amide bonds. The van der Waals surface area contributed by atoms with E-state index < -0.39 is 0 Å². The van der Waals surface area contributed by atoms with E-state index in [4.69, 9.17) is 0 Å². The van der Waals surface area contributed by atoms with E-state index in [-0.39, 0.29) is 6.03 Å². The van der Waals surface area contributed by atoms with Crippen LogP contribution in [-0.4, -0.2) is 35.2 Å². The van der Waals surface area contributed by atoms with Crippen LogP contribution in [0.25, 0.3) is 0 Å². The Hall–Kier alpha value is -1.34. The molecular formula is C19H20Br2N4OS2. The summed E-state index contributed by atoms with van der Waals surface area (Å²) in [5.74, 6) is 7.40. The molecule has 2 rings (SSSR count). The van der Waals surface area contributed by atoms with Gasteiger partial charge in [0.2, 0.25) is 0 Å². The molecule has 2 N–H and O–H groups in total. The molecular weight excluding hydrogens is 524 g/mol. The maximum Gasteiger partial charge on any atom is 0.331 e. The Morgan fingerprint density at radius 1 is 1.21 bits per heavy atom. The summed E-state index contributed by atoms with van der Waals surface area (Å²) >= 11 is 9.97. The lowest BCUT2D eigenvalue weighted by atomic mass is 10.3. The van der Waals surface area contributed by atoms with E-state index in [9.17, 15) is 4.79 Å². The van der Waals surface area contributed by atoms with E-state index in [1.807, 2.05) is 44.3 Å². The zero-order chi connectivity index (χ0) is 20.5. The van der Waals surface area contributed by atoms with Crippen LogP contribution in [0.2, 0.25) is 0 Å². The van der Waals surface area contributed by atoms with Gasteiger partial charge in [-0.25, -0.2) is 9.78 Å².